The normalized spacial score (nSPS) is 42.7. The Kier molecular flexibility index (Phi) is 1.48. The molecule has 52 valence electrons. The Morgan fingerprint density at radius 3 is 1.78 bits per heavy atom. The minimum atomic E-state index is 1.19. The predicted octanol–water partition coefficient (Wildman–Crippen LogP) is 2.98. The molecule has 0 bridgehead atoms. The molecular formula is C9H16. The van der Waals surface area contributed by atoms with Crippen LogP contribution >= 0.6 is 0 Å². The molecule has 2 fully saturated rings. The lowest BCUT2D eigenvalue weighted by molar-refractivity contribution is 0.485. The molecule has 0 saturated heterocycles. The van der Waals surface area contributed by atoms with Gasteiger partial charge in [0.1, 0.15) is 0 Å². The Labute approximate surface area is 57.6 Å². The maximum Gasteiger partial charge on any atom is -0.0383 e. The van der Waals surface area contributed by atoms with Crippen molar-refractivity contribution in [2.45, 2.75) is 44.9 Å². The fourth-order valence-electron chi connectivity index (χ4n) is 2.18. The fraction of sp³-hybridized carbons (Fsp3) is 1.00. The van der Waals surface area contributed by atoms with Gasteiger partial charge < -0.3 is 0 Å². The first-order chi connectivity index (χ1) is 4.47. The van der Waals surface area contributed by atoms with E-state index in [1.165, 1.54) is 37.5 Å². The molecule has 2 rings (SSSR count). The molecule has 0 heterocycles. The Balaban J connectivity index is 1.81. The van der Waals surface area contributed by atoms with Gasteiger partial charge in [0.25, 0.3) is 0 Å². The lowest BCUT2D eigenvalue weighted by Gasteiger charge is -2.05. The largest absolute Gasteiger partial charge is 0.0533 e. The van der Waals surface area contributed by atoms with E-state index in [1.54, 1.807) is 19.3 Å². The Bertz CT molecular complexity index is 84.2. The van der Waals surface area contributed by atoms with Crippen LogP contribution in [0.5, 0.6) is 0 Å². The van der Waals surface area contributed by atoms with E-state index in [0.717, 1.165) is 0 Å². The second kappa shape index (κ2) is 2.32. The SMILES string of the molecule is C1CCC[C@H]2C[C@H]2CC1. The second-order valence-corrected chi connectivity index (χ2v) is 3.75. The average Bonchev–Trinajstić information content (AvgIpc) is 2.46. The van der Waals surface area contributed by atoms with Crippen LogP contribution in [-0.2, 0) is 0 Å². The van der Waals surface area contributed by atoms with Crippen LogP contribution in [0.25, 0.3) is 0 Å². The summed E-state index contributed by atoms with van der Waals surface area (Å²) in [7, 11) is 0. The predicted molar refractivity (Wildman–Crippen MR) is 39.3 cm³/mol. The maximum absolute atomic E-state index is 1.58. The van der Waals surface area contributed by atoms with Gasteiger partial charge in [0.2, 0.25) is 0 Å². The highest BCUT2D eigenvalue weighted by Crippen LogP contribution is 2.46. The van der Waals surface area contributed by atoms with Gasteiger partial charge in [0.05, 0.1) is 0 Å². The summed E-state index contributed by atoms with van der Waals surface area (Å²) in [6.07, 6.45) is 10.8. The minimum absolute atomic E-state index is 1.19. The molecule has 0 heteroatoms. The van der Waals surface area contributed by atoms with Gasteiger partial charge in [0, 0.05) is 0 Å². The Morgan fingerprint density at radius 2 is 1.22 bits per heavy atom. The van der Waals surface area contributed by atoms with E-state index in [4.69, 9.17) is 0 Å². The highest BCUT2D eigenvalue weighted by Gasteiger charge is 2.35. The van der Waals surface area contributed by atoms with Gasteiger partial charge in [-0.3, -0.25) is 0 Å². The van der Waals surface area contributed by atoms with Crippen molar-refractivity contribution >= 4 is 0 Å². The first-order valence-electron chi connectivity index (χ1n) is 4.47. The third-order valence-electron chi connectivity index (χ3n) is 2.97. The number of rotatable bonds is 0. The molecule has 0 unspecified atom stereocenters. The first kappa shape index (κ1) is 5.76. The first-order valence-corrected chi connectivity index (χ1v) is 4.47. The van der Waals surface area contributed by atoms with Gasteiger partial charge in [-0.05, 0) is 18.3 Å². The average molecular weight is 124 g/mol. The zero-order valence-corrected chi connectivity index (χ0v) is 6.10. The number of fused-ring (bicyclic) bond motifs is 1. The van der Waals surface area contributed by atoms with Crippen LogP contribution in [0.3, 0.4) is 0 Å². The van der Waals surface area contributed by atoms with Crippen molar-refractivity contribution in [2.75, 3.05) is 0 Å². The summed E-state index contributed by atoms with van der Waals surface area (Å²) < 4.78 is 0. The van der Waals surface area contributed by atoms with Crippen molar-refractivity contribution in [2.24, 2.45) is 11.8 Å². The van der Waals surface area contributed by atoms with Gasteiger partial charge in [-0.15, -0.1) is 0 Å². The molecule has 9 heavy (non-hydrogen) atoms. The molecule has 0 aromatic heterocycles. The second-order valence-electron chi connectivity index (χ2n) is 3.75. The van der Waals surface area contributed by atoms with E-state index >= 15 is 0 Å². The lowest BCUT2D eigenvalue weighted by atomic mass is 10.0. The summed E-state index contributed by atoms with van der Waals surface area (Å²) in [4.78, 5) is 0. The van der Waals surface area contributed by atoms with Crippen LogP contribution < -0.4 is 0 Å². The van der Waals surface area contributed by atoms with Crippen LogP contribution in [0.15, 0.2) is 0 Å². The molecule has 2 aliphatic carbocycles. The quantitative estimate of drug-likeness (QED) is 0.465. The third kappa shape index (κ3) is 1.28. The van der Waals surface area contributed by atoms with Gasteiger partial charge in [0.15, 0.2) is 0 Å². The van der Waals surface area contributed by atoms with Crippen LogP contribution in [0.1, 0.15) is 44.9 Å². The summed E-state index contributed by atoms with van der Waals surface area (Å²) in [5.41, 5.74) is 0. The van der Waals surface area contributed by atoms with Crippen molar-refractivity contribution in [1.82, 2.24) is 0 Å². The van der Waals surface area contributed by atoms with E-state index in [0.29, 0.717) is 0 Å². The molecular weight excluding hydrogens is 108 g/mol. The minimum Gasteiger partial charge on any atom is -0.0533 e. The van der Waals surface area contributed by atoms with Gasteiger partial charge >= 0.3 is 0 Å². The molecule has 0 aromatic carbocycles. The third-order valence-corrected chi connectivity index (χ3v) is 2.97. The van der Waals surface area contributed by atoms with Gasteiger partial charge in [-0.1, -0.05) is 38.5 Å². The van der Waals surface area contributed by atoms with Crippen LogP contribution in [-0.4, -0.2) is 0 Å². The highest BCUT2D eigenvalue weighted by atomic mass is 14.4. The topological polar surface area (TPSA) is 0 Å². The summed E-state index contributed by atoms with van der Waals surface area (Å²) >= 11 is 0. The number of hydrogen-bond acceptors (Lipinski definition) is 0. The molecule has 0 nitrogen and oxygen atoms in total. The molecule has 2 atom stereocenters. The van der Waals surface area contributed by atoms with Crippen molar-refractivity contribution in [3.63, 3.8) is 0 Å². The lowest BCUT2D eigenvalue weighted by Crippen LogP contribution is -1.90. The standard InChI is InChI=1S/C9H16/c1-2-4-6-9-7-8(9)5-3-1/h8-9H,1-7H2/t8-,9+. The fourth-order valence-corrected chi connectivity index (χ4v) is 2.18. The van der Waals surface area contributed by atoms with Crippen LogP contribution in [0.4, 0.5) is 0 Å². The molecule has 0 N–H and O–H groups in total. The molecule has 0 radical (unpaired) electrons. The summed E-state index contributed by atoms with van der Waals surface area (Å²) in [6, 6.07) is 0. The zero-order valence-electron chi connectivity index (χ0n) is 6.10. The zero-order chi connectivity index (χ0) is 6.10. The molecule has 2 aliphatic rings. The molecule has 0 aliphatic heterocycles. The molecule has 2 saturated carbocycles. The smallest absolute Gasteiger partial charge is 0.0383 e. The Morgan fingerprint density at radius 1 is 0.667 bits per heavy atom. The van der Waals surface area contributed by atoms with Gasteiger partial charge in [-0.2, -0.15) is 0 Å². The summed E-state index contributed by atoms with van der Waals surface area (Å²) in [5.74, 6) is 2.37. The van der Waals surface area contributed by atoms with Crippen molar-refractivity contribution in [3.05, 3.63) is 0 Å². The van der Waals surface area contributed by atoms with Crippen molar-refractivity contribution in [1.29, 1.82) is 0 Å². The summed E-state index contributed by atoms with van der Waals surface area (Å²) in [5, 5.41) is 0. The Hall–Kier alpha value is 0. The monoisotopic (exact) mass is 124 g/mol. The van der Waals surface area contributed by atoms with Crippen molar-refractivity contribution < 1.29 is 0 Å². The van der Waals surface area contributed by atoms with Crippen LogP contribution in [0, 0.1) is 11.8 Å². The van der Waals surface area contributed by atoms with E-state index in [2.05, 4.69) is 0 Å². The molecule has 0 aromatic rings. The molecule has 0 amide bonds. The maximum atomic E-state index is 1.58. The summed E-state index contributed by atoms with van der Waals surface area (Å²) in [6.45, 7) is 0. The van der Waals surface area contributed by atoms with E-state index in [1.807, 2.05) is 0 Å². The van der Waals surface area contributed by atoms with E-state index in [9.17, 15) is 0 Å². The van der Waals surface area contributed by atoms with E-state index in [-0.39, 0.29) is 0 Å². The highest BCUT2D eigenvalue weighted by molar-refractivity contribution is 4.86. The number of hydrogen-bond donors (Lipinski definition) is 0. The van der Waals surface area contributed by atoms with Gasteiger partial charge in [-0.25, -0.2) is 0 Å². The van der Waals surface area contributed by atoms with Crippen molar-refractivity contribution in [3.8, 4) is 0 Å². The van der Waals surface area contributed by atoms with Crippen LogP contribution in [0.2, 0.25) is 0 Å². The van der Waals surface area contributed by atoms with E-state index < -0.39 is 0 Å². The molecule has 0 spiro atoms.